The Morgan fingerprint density at radius 1 is 1.29 bits per heavy atom. The molecule has 0 radical (unpaired) electrons. The maximum Gasteiger partial charge on any atom is 0.331 e. The largest absolute Gasteiger partial charge is 0.493 e. The Morgan fingerprint density at radius 2 is 2.07 bits per heavy atom. The van der Waals surface area contributed by atoms with Crippen molar-refractivity contribution in [3.8, 4) is 17.6 Å². The second-order valence-electron chi connectivity index (χ2n) is 6.73. The van der Waals surface area contributed by atoms with Crippen molar-refractivity contribution < 1.29 is 23.8 Å². The van der Waals surface area contributed by atoms with Crippen LogP contribution in [0.25, 0.3) is 6.08 Å². The van der Waals surface area contributed by atoms with E-state index in [1.54, 1.807) is 24.3 Å². The summed E-state index contributed by atoms with van der Waals surface area (Å²) in [6.07, 6.45) is 7.19. The Kier molecular flexibility index (Phi) is 8.35. The number of amides is 1. The molecule has 1 aliphatic rings. The molecular formula is C21H26N2O5. The van der Waals surface area contributed by atoms with Crippen LogP contribution in [0.4, 0.5) is 0 Å². The molecule has 0 aliphatic heterocycles. The van der Waals surface area contributed by atoms with E-state index in [0.717, 1.165) is 19.3 Å². The number of rotatable bonds is 8. The lowest BCUT2D eigenvalue weighted by Gasteiger charge is -2.29. The van der Waals surface area contributed by atoms with Gasteiger partial charge in [-0.15, -0.1) is 0 Å². The van der Waals surface area contributed by atoms with E-state index in [1.807, 2.05) is 6.07 Å². The Bertz CT molecular complexity index is 754. The zero-order valence-electron chi connectivity index (χ0n) is 16.3. The van der Waals surface area contributed by atoms with E-state index in [2.05, 4.69) is 12.2 Å². The van der Waals surface area contributed by atoms with Gasteiger partial charge in [0.15, 0.2) is 24.7 Å². The van der Waals surface area contributed by atoms with Gasteiger partial charge < -0.3 is 19.5 Å². The second kappa shape index (κ2) is 11.0. The molecule has 0 aromatic heterocycles. The molecule has 1 aromatic rings. The fourth-order valence-corrected chi connectivity index (χ4v) is 3.15. The molecule has 7 nitrogen and oxygen atoms in total. The van der Waals surface area contributed by atoms with Crippen molar-refractivity contribution in [3.63, 3.8) is 0 Å². The number of hydrogen-bond donors (Lipinski definition) is 1. The highest BCUT2D eigenvalue weighted by Crippen LogP contribution is 2.28. The van der Waals surface area contributed by atoms with Gasteiger partial charge in [-0.2, -0.15) is 5.26 Å². The molecule has 7 heteroatoms. The number of nitriles is 1. The van der Waals surface area contributed by atoms with Gasteiger partial charge in [-0.05, 0) is 42.5 Å². The van der Waals surface area contributed by atoms with Crippen LogP contribution >= 0.6 is 0 Å². The van der Waals surface area contributed by atoms with E-state index in [9.17, 15) is 9.59 Å². The van der Waals surface area contributed by atoms with Gasteiger partial charge in [0.05, 0.1) is 7.11 Å². The molecule has 1 amide bonds. The van der Waals surface area contributed by atoms with E-state index < -0.39 is 5.97 Å². The van der Waals surface area contributed by atoms with Crippen molar-refractivity contribution in [1.82, 2.24) is 5.32 Å². The highest BCUT2D eigenvalue weighted by Gasteiger charge is 2.22. The fourth-order valence-electron chi connectivity index (χ4n) is 3.15. The summed E-state index contributed by atoms with van der Waals surface area (Å²) in [5, 5.41) is 11.5. The molecule has 150 valence electrons. The van der Waals surface area contributed by atoms with E-state index in [1.165, 1.54) is 19.6 Å². The van der Waals surface area contributed by atoms with E-state index >= 15 is 0 Å². The van der Waals surface area contributed by atoms with Crippen LogP contribution in [0.1, 0.15) is 38.2 Å². The van der Waals surface area contributed by atoms with Crippen molar-refractivity contribution >= 4 is 18.0 Å². The van der Waals surface area contributed by atoms with Crippen LogP contribution in [-0.2, 0) is 14.3 Å². The summed E-state index contributed by atoms with van der Waals surface area (Å²) in [5.74, 6) is 0.462. The SMILES string of the molecule is COc1cc(/C=C/C(=O)OCC(=O)N[C@H]2CCCC[C@H]2C)ccc1OCC#N. The molecule has 1 saturated carbocycles. The Labute approximate surface area is 165 Å². The molecule has 0 heterocycles. The summed E-state index contributed by atoms with van der Waals surface area (Å²) in [4.78, 5) is 23.8. The highest BCUT2D eigenvalue weighted by atomic mass is 16.5. The van der Waals surface area contributed by atoms with Crippen molar-refractivity contribution in [2.24, 2.45) is 5.92 Å². The van der Waals surface area contributed by atoms with Crippen molar-refractivity contribution in [1.29, 1.82) is 5.26 Å². The topological polar surface area (TPSA) is 97.7 Å². The van der Waals surface area contributed by atoms with Gasteiger partial charge in [-0.1, -0.05) is 25.8 Å². The number of nitrogens with one attached hydrogen (secondary N) is 1. The Morgan fingerprint density at radius 3 is 2.79 bits per heavy atom. The van der Waals surface area contributed by atoms with Gasteiger partial charge in [-0.3, -0.25) is 4.79 Å². The molecule has 2 rings (SSSR count). The Hall–Kier alpha value is -3.01. The zero-order valence-corrected chi connectivity index (χ0v) is 16.3. The fraction of sp³-hybridized carbons (Fsp3) is 0.476. The molecule has 1 fully saturated rings. The normalized spacial score (nSPS) is 18.9. The first kappa shape index (κ1) is 21.3. The molecule has 0 unspecified atom stereocenters. The van der Waals surface area contributed by atoms with Gasteiger partial charge in [0.2, 0.25) is 0 Å². The first-order valence-corrected chi connectivity index (χ1v) is 9.35. The number of carbonyl (C=O) groups is 2. The lowest BCUT2D eigenvalue weighted by atomic mass is 9.86. The number of ether oxygens (including phenoxy) is 3. The molecule has 1 aliphatic carbocycles. The van der Waals surface area contributed by atoms with Crippen molar-refractivity contribution in [2.75, 3.05) is 20.3 Å². The van der Waals surface area contributed by atoms with Crippen LogP contribution in [0.2, 0.25) is 0 Å². The molecular weight excluding hydrogens is 360 g/mol. The number of esters is 1. The molecule has 2 atom stereocenters. The third-order valence-corrected chi connectivity index (χ3v) is 4.70. The van der Waals surface area contributed by atoms with Gasteiger partial charge in [-0.25, -0.2) is 4.79 Å². The first-order valence-electron chi connectivity index (χ1n) is 9.35. The number of hydrogen-bond acceptors (Lipinski definition) is 6. The van der Waals surface area contributed by atoms with Gasteiger partial charge in [0.25, 0.3) is 5.91 Å². The quantitative estimate of drug-likeness (QED) is 0.545. The number of methoxy groups -OCH3 is 1. The third-order valence-electron chi connectivity index (χ3n) is 4.70. The van der Waals surface area contributed by atoms with Gasteiger partial charge >= 0.3 is 5.97 Å². The average molecular weight is 386 g/mol. The van der Waals surface area contributed by atoms with Crippen LogP contribution in [0.3, 0.4) is 0 Å². The molecule has 0 spiro atoms. The van der Waals surface area contributed by atoms with Crippen molar-refractivity contribution in [3.05, 3.63) is 29.8 Å². The molecule has 0 saturated heterocycles. The lowest BCUT2D eigenvalue weighted by molar-refractivity contribution is -0.144. The molecule has 28 heavy (non-hydrogen) atoms. The zero-order chi connectivity index (χ0) is 20.4. The monoisotopic (exact) mass is 386 g/mol. The van der Waals surface area contributed by atoms with Crippen molar-refractivity contribution in [2.45, 2.75) is 38.6 Å². The number of carbonyl (C=O) groups excluding carboxylic acids is 2. The predicted octanol–water partition coefficient (Wildman–Crippen LogP) is 2.85. The van der Waals surface area contributed by atoms with Gasteiger partial charge in [0.1, 0.15) is 6.07 Å². The summed E-state index contributed by atoms with van der Waals surface area (Å²) in [6.45, 7) is 1.75. The van der Waals surface area contributed by atoms with Crippen LogP contribution in [0, 0.1) is 17.2 Å². The standard InChI is InChI=1S/C21H26N2O5/c1-15-5-3-4-6-17(15)23-20(24)14-28-21(25)10-8-16-7-9-18(27-12-11-22)19(13-16)26-2/h7-10,13,15,17H,3-6,12,14H2,1-2H3,(H,23,24)/b10-8+/t15-,17+/m1/s1. The lowest BCUT2D eigenvalue weighted by Crippen LogP contribution is -2.42. The van der Waals surface area contributed by atoms with Gasteiger partial charge in [0, 0.05) is 12.1 Å². The van der Waals surface area contributed by atoms with Crippen LogP contribution in [-0.4, -0.2) is 38.2 Å². The molecule has 1 N–H and O–H groups in total. The first-order chi connectivity index (χ1) is 13.5. The summed E-state index contributed by atoms with van der Waals surface area (Å²) in [5.41, 5.74) is 0.693. The maximum absolute atomic E-state index is 12.0. The molecule has 1 aromatic carbocycles. The summed E-state index contributed by atoms with van der Waals surface area (Å²) < 4.78 is 15.5. The second-order valence-corrected chi connectivity index (χ2v) is 6.73. The minimum Gasteiger partial charge on any atom is -0.493 e. The summed E-state index contributed by atoms with van der Waals surface area (Å²) in [7, 11) is 1.49. The van der Waals surface area contributed by atoms with E-state index in [-0.39, 0.29) is 25.2 Å². The van der Waals surface area contributed by atoms with Crippen LogP contribution in [0.5, 0.6) is 11.5 Å². The third kappa shape index (κ3) is 6.62. The predicted molar refractivity (Wildman–Crippen MR) is 104 cm³/mol. The average Bonchev–Trinajstić information content (AvgIpc) is 2.71. The maximum atomic E-state index is 12.0. The minimum absolute atomic E-state index is 0.0838. The highest BCUT2D eigenvalue weighted by molar-refractivity contribution is 5.89. The summed E-state index contributed by atoms with van der Waals surface area (Å²) >= 11 is 0. The van der Waals surface area contributed by atoms with E-state index in [0.29, 0.717) is 23.0 Å². The molecule has 0 bridgehead atoms. The number of benzene rings is 1. The smallest absolute Gasteiger partial charge is 0.331 e. The summed E-state index contributed by atoms with van der Waals surface area (Å²) in [6, 6.07) is 7.09. The van der Waals surface area contributed by atoms with E-state index in [4.69, 9.17) is 19.5 Å². The Balaban J connectivity index is 1.82. The van der Waals surface area contributed by atoms with Crippen LogP contribution in [0.15, 0.2) is 24.3 Å². The number of nitrogens with zero attached hydrogens (tertiary/aromatic N) is 1. The van der Waals surface area contributed by atoms with Crippen LogP contribution < -0.4 is 14.8 Å². The minimum atomic E-state index is -0.601.